The minimum absolute atomic E-state index is 0.239. The van der Waals surface area contributed by atoms with Crippen molar-refractivity contribution in [3.8, 4) is 21.7 Å². The Morgan fingerprint density at radius 1 is 1.26 bits per heavy atom. The van der Waals surface area contributed by atoms with Crippen molar-refractivity contribution in [2.45, 2.75) is 25.9 Å². The van der Waals surface area contributed by atoms with Crippen molar-refractivity contribution in [2.75, 3.05) is 17.6 Å². The lowest BCUT2D eigenvalue weighted by molar-refractivity contribution is 0.0739. The molecule has 35 heavy (non-hydrogen) atoms. The van der Waals surface area contributed by atoms with Gasteiger partial charge in [-0.2, -0.15) is 15.7 Å². The van der Waals surface area contributed by atoms with Gasteiger partial charge in [-0.3, -0.25) is 9.79 Å². The van der Waals surface area contributed by atoms with Crippen LogP contribution in [0.25, 0.3) is 21.7 Å². The highest BCUT2D eigenvalue weighted by Crippen LogP contribution is 2.34. The molecule has 0 aliphatic rings. The Labute approximate surface area is 210 Å². The minimum Gasteiger partial charge on any atom is -0.398 e. The topological polar surface area (TPSA) is 113 Å². The zero-order valence-electron chi connectivity index (χ0n) is 19.2. The van der Waals surface area contributed by atoms with Crippen molar-refractivity contribution in [1.29, 1.82) is 0 Å². The van der Waals surface area contributed by atoms with Crippen LogP contribution in [0.15, 0.2) is 57.7 Å². The second-order valence-electron chi connectivity index (χ2n) is 8.50. The number of anilines is 2. The number of nitrogen functional groups attached to an aromatic ring is 1. The number of carbonyl (C=O) groups is 1. The van der Waals surface area contributed by atoms with Crippen LogP contribution < -0.4 is 11.1 Å². The first-order valence-electron chi connectivity index (χ1n) is 10.8. The third kappa shape index (κ3) is 6.36. The number of carbonyl (C=O) groups excluding carboxylic acids is 1. The molecule has 3 heterocycles. The average Bonchev–Trinajstić information content (AvgIpc) is 3.51. The smallest absolute Gasteiger partial charge is 0.275 e. The number of amides is 1. The number of nitrogens with two attached hydrogens (primary N) is 1. The monoisotopic (exact) mass is 509 g/mol. The number of benzene rings is 1. The highest BCUT2D eigenvalue weighted by atomic mass is 32.1. The van der Waals surface area contributed by atoms with Crippen molar-refractivity contribution in [2.24, 2.45) is 4.99 Å². The van der Waals surface area contributed by atoms with Gasteiger partial charge >= 0.3 is 0 Å². The van der Waals surface area contributed by atoms with Crippen LogP contribution in [0.4, 0.5) is 15.8 Å². The van der Waals surface area contributed by atoms with Gasteiger partial charge in [0.05, 0.1) is 5.60 Å². The molecule has 0 spiro atoms. The van der Waals surface area contributed by atoms with Gasteiger partial charge in [-0.15, -0.1) is 11.3 Å². The summed E-state index contributed by atoms with van der Waals surface area (Å²) in [6.07, 6.45) is 3.54. The molecule has 10 heteroatoms. The molecule has 0 aliphatic heterocycles. The Bertz CT molecular complexity index is 1340. The largest absolute Gasteiger partial charge is 0.398 e. The second kappa shape index (κ2) is 10.4. The summed E-state index contributed by atoms with van der Waals surface area (Å²) in [5, 5.41) is 19.0. The van der Waals surface area contributed by atoms with E-state index in [1.165, 1.54) is 23.6 Å². The van der Waals surface area contributed by atoms with E-state index in [-0.39, 0.29) is 11.6 Å². The number of thiophene rings is 1. The van der Waals surface area contributed by atoms with Gasteiger partial charge < -0.3 is 16.2 Å². The molecule has 0 saturated carbocycles. The van der Waals surface area contributed by atoms with Gasteiger partial charge in [0.25, 0.3) is 5.91 Å². The molecular formula is C25H24FN5O2S2. The maximum absolute atomic E-state index is 13.1. The fraction of sp³-hybridized carbons (Fsp3) is 0.200. The fourth-order valence-corrected chi connectivity index (χ4v) is 4.65. The first-order chi connectivity index (χ1) is 16.7. The zero-order chi connectivity index (χ0) is 25.0. The average molecular weight is 510 g/mol. The molecule has 4 rings (SSSR count). The summed E-state index contributed by atoms with van der Waals surface area (Å²) < 4.78 is 13.1. The third-order valence-electron chi connectivity index (χ3n) is 5.10. The minimum atomic E-state index is -0.804. The molecule has 7 nitrogen and oxygen atoms in total. The van der Waals surface area contributed by atoms with Gasteiger partial charge in [0.2, 0.25) is 5.95 Å². The summed E-state index contributed by atoms with van der Waals surface area (Å²) in [7, 11) is 0. The number of nitrogens with one attached hydrogen (secondary N) is 1. The molecule has 0 fully saturated rings. The molecule has 0 unspecified atom stereocenters. The number of aromatic nitrogens is 2. The Hall–Kier alpha value is -3.47. The maximum atomic E-state index is 13.1. The number of halogens is 1. The lowest BCUT2D eigenvalue weighted by Crippen LogP contribution is -2.19. The predicted octanol–water partition coefficient (Wildman–Crippen LogP) is 5.49. The molecule has 1 aromatic carbocycles. The fourth-order valence-electron chi connectivity index (χ4n) is 3.21. The van der Waals surface area contributed by atoms with E-state index >= 15 is 0 Å². The number of nitrogens with zero attached hydrogens (tertiary/aromatic N) is 3. The number of hydrogen-bond acceptors (Lipinski definition) is 8. The van der Waals surface area contributed by atoms with Crippen LogP contribution >= 0.6 is 22.7 Å². The summed E-state index contributed by atoms with van der Waals surface area (Å²) in [5.41, 5.74) is 9.82. The van der Waals surface area contributed by atoms with Crippen LogP contribution in [0, 0.1) is 5.95 Å². The maximum Gasteiger partial charge on any atom is 0.275 e. The summed E-state index contributed by atoms with van der Waals surface area (Å²) in [6, 6.07) is 8.37. The highest BCUT2D eigenvalue weighted by molar-refractivity contribution is 7.13. The molecule has 0 saturated heterocycles. The SMILES string of the molecule is CC(C)(O)CCN=Cc1cc(NC(=O)c2csc(-c3ccc(F)nc3)n2)c(-c2ccsc2)cc1N. The zero-order valence-corrected chi connectivity index (χ0v) is 20.8. The molecule has 4 N–H and O–H groups in total. The first-order valence-corrected chi connectivity index (χ1v) is 12.6. The highest BCUT2D eigenvalue weighted by Gasteiger charge is 2.17. The first kappa shape index (κ1) is 24.6. The summed E-state index contributed by atoms with van der Waals surface area (Å²) in [5.74, 6) is -0.958. The van der Waals surface area contributed by atoms with Gasteiger partial charge in [-0.25, -0.2) is 9.97 Å². The Balaban J connectivity index is 1.60. The molecule has 4 aromatic rings. The van der Waals surface area contributed by atoms with E-state index in [4.69, 9.17) is 5.73 Å². The Morgan fingerprint density at radius 2 is 2.09 bits per heavy atom. The van der Waals surface area contributed by atoms with E-state index in [0.29, 0.717) is 40.5 Å². The Kier molecular flexibility index (Phi) is 7.34. The normalized spacial score (nSPS) is 11.8. The van der Waals surface area contributed by atoms with Crippen LogP contribution in [0.3, 0.4) is 0 Å². The van der Waals surface area contributed by atoms with Gasteiger partial charge in [-0.1, -0.05) is 0 Å². The summed E-state index contributed by atoms with van der Waals surface area (Å²) in [6.45, 7) is 3.91. The number of aliphatic imine (C=N–C) groups is 1. The third-order valence-corrected chi connectivity index (χ3v) is 6.67. The van der Waals surface area contributed by atoms with Crippen molar-refractivity contribution in [3.63, 3.8) is 0 Å². The van der Waals surface area contributed by atoms with E-state index in [9.17, 15) is 14.3 Å². The van der Waals surface area contributed by atoms with Crippen molar-refractivity contribution in [1.82, 2.24) is 9.97 Å². The summed E-state index contributed by atoms with van der Waals surface area (Å²) in [4.78, 5) is 25.5. The van der Waals surface area contributed by atoms with E-state index in [2.05, 4.69) is 20.3 Å². The standard InChI is InChI=1S/C25H24FN5O2S2/c1-25(2,33)6-7-28-11-17-9-20(18(10-19(17)27)16-5-8-34-13-16)30-23(32)21-14-35-24(31-21)15-3-4-22(26)29-12-15/h3-5,8-14,33H,6-7,27H2,1-2H3,(H,30,32). The van der Waals surface area contributed by atoms with Crippen LogP contribution in [-0.2, 0) is 0 Å². The van der Waals surface area contributed by atoms with Crippen LogP contribution in [0.1, 0.15) is 36.3 Å². The Morgan fingerprint density at radius 3 is 2.77 bits per heavy atom. The van der Waals surface area contributed by atoms with Crippen LogP contribution in [0.2, 0.25) is 0 Å². The quantitative estimate of drug-likeness (QED) is 0.165. The van der Waals surface area contributed by atoms with E-state index in [1.807, 2.05) is 22.9 Å². The molecule has 180 valence electrons. The van der Waals surface area contributed by atoms with Crippen molar-refractivity contribution >= 4 is 46.2 Å². The lowest BCUT2D eigenvalue weighted by atomic mass is 10.0. The van der Waals surface area contributed by atoms with Crippen LogP contribution in [-0.4, -0.2) is 39.3 Å². The lowest BCUT2D eigenvalue weighted by Gasteiger charge is -2.15. The van der Waals surface area contributed by atoms with Gasteiger partial charge in [0.15, 0.2) is 0 Å². The molecule has 0 bridgehead atoms. The van der Waals surface area contributed by atoms with Gasteiger partial charge in [-0.05, 0) is 66.9 Å². The molecule has 3 aromatic heterocycles. The number of rotatable bonds is 8. The van der Waals surface area contributed by atoms with E-state index < -0.39 is 11.5 Å². The number of thiazole rings is 1. The molecule has 0 aliphatic carbocycles. The molecule has 0 radical (unpaired) electrons. The second-order valence-corrected chi connectivity index (χ2v) is 10.1. The van der Waals surface area contributed by atoms with Gasteiger partial charge in [0, 0.05) is 52.4 Å². The molecule has 0 atom stereocenters. The van der Waals surface area contributed by atoms with Gasteiger partial charge in [0.1, 0.15) is 10.7 Å². The van der Waals surface area contributed by atoms with E-state index in [0.717, 1.165) is 11.1 Å². The number of hydrogen-bond donors (Lipinski definition) is 3. The van der Waals surface area contributed by atoms with Crippen LogP contribution in [0.5, 0.6) is 0 Å². The number of pyridine rings is 1. The molecule has 1 amide bonds. The molecular weight excluding hydrogens is 485 g/mol. The predicted molar refractivity (Wildman–Crippen MR) is 141 cm³/mol. The van der Waals surface area contributed by atoms with Crippen molar-refractivity contribution < 1.29 is 14.3 Å². The summed E-state index contributed by atoms with van der Waals surface area (Å²) >= 11 is 2.82. The van der Waals surface area contributed by atoms with E-state index in [1.54, 1.807) is 48.9 Å². The number of aliphatic hydroxyl groups is 1. The van der Waals surface area contributed by atoms with Crippen molar-refractivity contribution in [3.05, 3.63) is 69.9 Å².